The van der Waals surface area contributed by atoms with Gasteiger partial charge in [-0.05, 0) is 38.2 Å². The van der Waals surface area contributed by atoms with E-state index in [4.69, 9.17) is 4.74 Å². The first-order valence-corrected chi connectivity index (χ1v) is 13.7. The van der Waals surface area contributed by atoms with E-state index in [1.54, 1.807) is 44.2 Å². The number of amides is 3. The highest BCUT2D eigenvalue weighted by Crippen LogP contribution is 2.29. The predicted octanol–water partition coefficient (Wildman–Crippen LogP) is 2.41. The molecule has 1 aromatic heterocycles. The number of carbonyl (C=O) groups excluding carboxylic acids is 4. The molecule has 1 fully saturated rings. The Hall–Kier alpha value is -3.29. The Kier molecular flexibility index (Phi) is 10.8. The van der Waals surface area contributed by atoms with Crippen LogP contribution in [0.1, 0.15) is 47.4 Å². The van der Waals surface area contributed by atoms with Gasteiger partial charge in [0.25, 0.3) is 5.91 Å². The number of hydrogen-bond acceptors (Lipinski definition) is 8. The quantitative estimate of drug-likeness (QED) is 0.275. The predicted molar refractivity (Wildman–Crippen MR) is 143 cm³/mol. The van der Waals surface area contributed by atoms with Crippen molar-refractivity contribution >= 4 is 34.8 Å². The van der Waals surface area contributed by atoms with Gasteiger partial charge in [0.1, 0.15) is 22.6 Å². The zero-order chi connectivity index (χ0) is 29.4. The number of benzene rings is 1. The molecular formula is C27H34F2N4O6S. The smallest absolute Gasteiger partial charge is 0.345 e. The minimum absolute atomic E-state index is 0.0315. The van der Waals surface area contributed by atoms with Crippen molar-refractivity contribution in [1.82, 2.24) is 20.9 Å². The summed E-state index contributed by atoms with van der Waals surface area (Å²) in [7, 11) is 0. The topological polar surface area (TPSA) is 139 Å². The van der Waals surface area contributed by atoms with Gasteiger partial charge in [0.2, 0.25) is 11.8 Å². The van der Waals surface area contributed by atoms with Crippen molar-refractivity contribution in [2.45, 2.75) is 70.9 Å². The second-order valence-electron chi connectivity index (χ2n) is 10.2. The minimum atomic E-state index is -3.20. The van der Waals surface area contributed by atoms with Crippen molar-refractivity contribution in [3.63, 3.8) is 0 Å². The van der Waals surface area contributed by atoms with Crippen LogP contribution in [0.25, 0.3) is 0 Å². The molecule has 0 aliphatic carbocycles. The molecule has 1 aliphatic rings. The Balaban J connectivity index is 1.77. The monoisotopic (exact) mass is 580 g/mol. The molecule has 218 valence electrons. The third-order valence-corrected chi connectivity index (χ3v) is 7.12. The van der Waals surface area contributed by atoms with Gasteiger partial charge >= 0.3 is 6.61 Å². The molecule has 0 saturated carbocycles. The first kappa shape index (κ1) is 31.2. The van der Waals surface area contributed by atoms with Gasteiger partial charge in [-0.3, -0.25) is 19.2 Å². The molecule has 40 heavy (non-hydrogen) atoms. The van der Waals surface area contributed by atoms with Crippen molar-refractivity contribution in [3.05, 3.63) is 52.0 Å². The molecule has 0 spiro atoms. The fourth-order valence-corrected chi connectivity index (χ4v) is 4.65. The lowest BCUT2D eigenvalue weighted by atomic mass is 9.94. The standard InChI is InChI=1S/C27H34F2N4O6S/c1-15(2)10-19(32-25(37)21-12-30-16(3)40-21)23(35)33-20(13-38-26(28)29)24(36)31-18(22(34)27(4)14-39-27)11-17-8-6-5-7-9-17/h5-9,12,15,18-20,26H,10-11,13-14H2,1-4H3,(H,31,36)(H,32,37)(H,33,35)/t18-,19-,20-,27+/m0/s1. The van der Waals surface area contributed by atoms with E-state index in [0.29, 0.717) is 9.88 Å². The van der Waals surface area contributed by atoms with E-state index in [1.807, 2.05) is 13.8 Å². The first-order valence-electron chi connectivity index (χ1n) is 12.8. The number of aromatic nitrogens is 1. The van der Waals surface area contributed by atoms with Gasteiger partial charge < -0.3 is 25.4 Å². The summed E-state index contributed by atoms with van der Waals surface area (Å²) >= 11 is 1.15. The Morgan fingerprint density at radius 3 is 2.23 bits per heavy atom. The molecule has 0 radical (unpaired) electrons. The third-order valence-electron chi connectivity index (χ3n) is 6.21. The van der Waals surface area contributed by atoms with Crippen molar-refractivity contribution in [1.29, 1.82) is 0 Å². The Bertz CT molecular complexity index is 1190. The third kappa shape index (κ3) is 9.14. The molecule has 13 heteroatoms. The first-order chi connectivity index (χ1) is 18.9. The lowest BCUT2D eigenvalue weighted by Gasteiger charge is -2.26. The number of epoxide rings is 1. The molecule has 3 amide bonds. The molecule has 3 N–H and O–H groups in total. The number of nitrogens with one attached hydrogen (secondary N) is 3. The van der Waals surface area contributed by atoms with E-state index < -0.39 is 54.7 Å². The molecule has 0 unspecified atom stereocenters. The van der Waals surface area contributed by atoms with Crippen LogP contribution in [0, 0.1) is 12.8 Å². The van der Waals surface area contributed by atoms with Gasteiger partial charge in [-0.2, -0.15) is 8.78 Å². The lowest BCUT2D eigenvalue weighted by Crippen LogP contribution is -2.58. The maximum atomic E-state index is 13.3. The fraction of sp³-hybridized carbons (Fsp3) is 0.519. The van der Waals surface area contributed by atoms with Crippen LogP contribution in [0.5, 0.6) is 0 Å². The number of aryl methyl sites for hydroxylation is 1. The number of thiazole rings is 1. The summed E-state index contributed by atoms with van der Waals surface area (Å²) in [4.78, 5) is 56.7. The number of rotatable bonds is 15. The van der Waals surface area contributed by atoms with Crippen LogP contribution in [0.4, 0.5) is 8.78 Å². The average Bonchev–Trinajstić information content (AvgIpc) is 3.50. The summed E-state index contributed by atoms with van der Waals surface area (Å²) in [6.07, 6.45) is 1.73. The van der Waals surface area contributed by atoms with E-state index >= 15 is 0 Å². The molecule has 0 bridgehead atoms. The number of nitrogens with zero attached hydrogens (tertiary/aromatic N) is 1. The van der Waals surface area contributed by atoms with E-state index in [-0.39, 0.29) is 31.1 Å². The lowest BCUT2D eigenvalue weighted by molar-refractivity contribution is -0.148. The van der Waals surface area contributed by atoms with Gasteiger partial charge in [-0.25, -0.2) is 4.98 Å². The largest absolute Gasteiger partial charge is 0.361 e. The number of carbonyl (C=O) groups is 4. The molecule has 1 saturated heterocycles. The normalized spacial score (nSPS) is 18.6. The van der Waals surface area contributed by atoms with Crippen LogP contribution in [0.2, 0.25) is 0 Å². The molecule has 2 aromatic rings. The van der Waals surface area contributed by atoms with Gasteiger partial charge in [0.05, 0.1) is 30.5 Å². The van der Waals surface area contributed by atoms with Crippen LogP contribution in [-0.2, 0) is 30.3 Å². The molecule has 4 atom stereocenters. The Morgan fingerprint density at radius 1 is 1.05 bits per heavy atom. The molecule has 10 nitrogen and oxygen atoms in total. The summed E-state index contributed by atoms with van der Waals surface area (Å²) in [6, 6.07) is 5.25. The number of ether oxygens (including phenoxy) is 2. The fourth-order valence-electron chi connectivity index (χ4n) is 3.97. The van der Waals surface area contributed by atoms with Gasteiger partial charge in [0, 0.05) is 0 Å². The van der Waals surface area contributed by atoms with Gasteiger partial charge in [-0.15, -0.1) is 11.3 Å². The van der Waals surface area contributed by atoms with Crippen molar-refractivity contribution < 1.29 is 37.4 Å². The van der Waals surface area contributed by atoms with Crippen LogP contribution >= 0.6 is 11.3 Å². The van der Waals surface area contributed by atoms with Crippen LogP contribution in [-0.4, -0.2) is 72.0 Å². The Morgan fingerprint density at radius 2 is 1.68 bits per heavy atom. The van der Waals surface area contributed by atoms with E-state index in [0.717, 1.165) is 16.9 Å². The Labute approximate surface area is 235 Å². The summed E-state index contributed by atoms with van der Waals surface area (Å²) < 4.78 is 35.5. The van der Waals surface area contributed by atoms with Gasteiger partial charge in [0.15, 0.2) is 5.78 Å². The SMILES string of the molecule is Cc1ncc(C(=O)N[C@@H](CC(C)C)C(=O)N[C@@H](COC(F)F)C(=O)N[C@@H](Cc2ccccc2)C(=O)[C@@]2(C)CO2)s1. The number of halogens is 2. The summed E-state index contributed by atoms with van der Waals surface area (Å²) in [6.45, 7) is 3.15. The molecular weight excluding hydrogens is 546 g/mol. The number of alkyl halides is 2. The number of ketones is 1. The van der Waals surface area contributed by atoms with E-state index in [1.165, 1.54) is 6.20 Å². The molecule has 3 rings (SSSR count). The summed E-state index contributed by atoms with van der Waals surface area (Å²) in [5.41, 5.74) is -0.306. The zero-order valence-corrected chi connectivity index (χ0v) is 23.6. The highest BCUT2D eigenvalue weighted by Gasteiger charge is 2.50. The van der Waals surface area contributed by atoms with Crippen molar-refractivity contribution in [2.75, 3.05) is 13.2 Å². The van der Waals surface area contributed by atoms with E-state index in [2.05, 4.69) is 25.7 Å². The van der Waals surface area contributed by atoms with Crippen molar-refractivity contribution in [3.8, 4) is 0 Å². The van der Waals surface area contributed by atoms with Crippen LogP contribution in [0.15, 0.2) is 36.5 Å². The number of Topliss-reactive ketones (excluding diaryl/α,β-unsaturated/α-hetero) is 1. The maximum Gasteiger partial charge on any atom is 0.345 e. The second kappa shape index (κ2) is 13.9. The van der Waals surface area contributed by atoms with Crippen LogP contribution < -0.4 is 16.0 Å². The van der Waals surface area contributed by atoms with Crippen LogP contribution in [0.3, 0.4) is 0 Å². The molecule has 1 aliphatic heterocycles. The second-order valence-corrected chi connectivity index (χ2v) is 11.4. The molecule has 1 aromatic carbocycles. The average molecular weight is 581 g/mol. The maximum absolute atomic E-state index is 13.3. The van der Waals surface area contributed by atoms with Crippen molar-refractivity contribution in [2.24, 2.45) is 5.92 Å². The van der Waals surface area contributed by atoms with E-state index in [9.17, 15) is 28.0 Å². The van der Waals surface area contributed by atoms with Gasteiger partial charge in [-0.1, -0.05) is 44.2 Å². The minimum Gasteiger partial charge on any atom is -0.361 e. The molecule has 2 heterocycles. The highest BCUT2D eigenvalue weighted by atomic mass is 32.1. The summed E-state index contributed by atoms with van der Waals surface area (Å²) in [5.74, 6) is -2.59. The zero-order valence-electron chi connectivity index (χ0n) is 22.7. The summed E-state index contributed by atoms with van der Waals surface area (Å²) in [5, 5.41) is 8.31. The number of hydrogen-bond donors (Lipinski definition) is 3. The highest BCUT2D eigenvalue weighted by molar-refractivity contribution is 7.13.